The van der Waals surface area contributed by atoms with E-state index in [0.717, 1.165) is 62.9 Å². The van der Waals surface area contributed by atoms with Gasteiger partial charge < -0.3 is 51.1 Å². The predicted molar refractivity (Wildman–Crippen MR) is 385 cm³/mol. The minimum atomic E-state index is -0.358. The Labute approximate surface area is 561 Å². The van der Waals surface area contributed by atoms with Gasteiger partial charge >= 0.3 is 0 Å². The highest BCUT2D eigenvalue weighted by Crippen LogP contribution is 2.41. The number of hydrogen-bond acceptors (Lipinski definition) is 10. The van der Waals surface area contributed by atoms with Crippen LogP contribution >= 0.6 is 0 Å². The van der Waals surface area contributed by atoms with Crippen LogP contribution in [0.15, 0.2) is 315 Å². The summed E-state index contributed by atoms with van der Waals surface area (Å²) in [7, 11) is 0. The van der Waals surface area contributed by atoms with Gasteiger partial charge in [0.05, 0.1) is 0 Å². The quantitative estimate of drug-likeness (QED) is 0.0495. The number of aromatic hydroxyl groups is 10. The van der Waals surface area contributed by atoms with Crippen LogP contribution < -0.4 is 0 Å². The van der Waals surface area contributed by atoms with Crippen LogP contribution in [0.4, 0.5) is 0 Å². The maximum atomic E-state index is 9.65. The molecule has 0 aliphatic rings. The predicted octanol–water partition coefficient (Wildman–Crippen LogP) is 19.4. The van der Waals surface area contributed by atoms with Gasteiger partial charge in [-0.1, -0.05) is 215 Å². The molecule has 0 amide bonds. The van der Waals surface area contributed by atoms with Crippen molar-refractivity contribution in [1.29, 1.82) is 0 Å². The zero-order valence-electron chi connectivity index (χ0n) is 54.1. The van der Waals surface area contributed by atoms with E-state index >= 15 is 0 Å². The highest BCUT2D eigenvalue weighted by Gasteiger charge is 2.31. The third kappa shape index (κ3) is 18.2. The smallest absolute Gasteiger partial charge is 0.115 e. The average molecular weight is 1270 g/mol. The summed E-state index contributed by atoms with van der Waals surface area (Å²) in [5, 5.41) is 96.2. The van der Waals surface area contributed by atoms with Crippen molar-refractivity contribution in [3.8, 4) is 57.5 Å². The van der Waals surface area contributed by atoms with Crippen LogP contribution in [0.3, 0.4) is 0 Å². The van der Waals surface area contributed by atoms with Crippen molar-refractivity contribution in [2.45, 2.75) is 63.2 Å². The lowest BCUT2D eigenvalue weighted by molar-refractivity contribution is 0.473. The summed E-state index contributed by atoms with van der Waals surface area (Å²) in [4.78, 5) is 0. The summed E-state index contributed by atoms with van der Waals surface area (Å²) < 4.78 is 0. The van der Waals surface area contributed by atoms with Crippen molar-refractivity contribution in [2.75, 3.05) is 0 Å². The fourth-order valence-corrected chi connectivity index (χ4v) is 11.5. The molecule has 0 atom stereocenters. The molecule has 0 fully saturated rings. The SMILES string of the molecule is CC(C)(c1ccc(O)cc1)c1ccc(O)cc1.CC(c1ccc(O)cc1)c1ccc(O)cc1.CC(c1ccccc1)(c1ccc(O)cc1)c1ccc(O)cc1.Oc1ccc(C(c2ccc(O)cc2)c2cccc3ccccc23)cc1.Oc1ccc(CCc2ccc(O)cc2)cc1. The van der Waals surface area contributed by atoms with Gasteiger partial charge in [0.15, 0.2) is 0 Å². The van der Waals surface area contributed by atoms with Crippen LogP contribution in [0.25, 0.3) is 10.8 Å². The second-order valence-electron chi connectivity index (χ2n) is 24.2. The van der Waals surface area contributed by atoms with Crippen molar-refractivity contribution >= 4 is 10.8 Å². The van der Waals surface area contributed by atoms with Crippen LogP contribution in [-0.4, -0.2) is 51.1 Å². The molecular formula is C86H80O10. The second kappa shape index (κ2) is 32.1. The molecule has 10 heteroatoms. The summed E-state index contributed by atoms with van der Waals surface area (Å²) in [6.45, 7) is 8.48. The van der Waals surface area contributed by atoms with E-state index in [1.54, 1.807) is 121 Å². The Morgan fingerprint density at radius 1 is 0.250 bits per heavy atom. The molecule has 484 valence electrons. The van der Waals surface area contributed by atoms with Crippen LogP contribution in [-0.2, 0) is 23.7 Å². The number of rotatable bonds is 13. The zero-order valence-corrected chi connectivity index (χ0v) is 54.1. The van der Waals surface area contributed by atoms with E-state index in [1.807, 2.05) is 146 Å². The van der Waals surface area contributed by atoms with Crippen LogP contribution in [0, 0.1) is 0 Å². The largest absolute Gasteiger partial charge is 0.508 e. The van der Waals surface area contributed by atoms with Gasteiger partial charge in [-0.25, -0.2) is 0 Å². The lowest BCUT2D eigenvalue weighted by Gasteiger charge is -2.32. The van der Waals surface area contributed by atoms with E-state index in [4.69, 9.17) is 10.2 Å². The second-order valence-corrected chi connectivity index (χ2v) is 24.2. The number of aryl methyl sites for hydroxylation is 2. The molecule has 0 aromatic heterocycles. The molecule has 0 aliphatic heterocycles. The van der Waals surface area contributed by atoms with Crippen molar-refractivity contribution in [2.24, 2.45) is 0 Å². The van der Waals surface area contributed by atoms with E-state index < -0.39 is 0 Å². The fourth-order valence-electron chi connectivity index (χ4n) is 11.5. The highest BCUT2D eigenvalue weighted by atomic mass is 16.3. The lowest BCUT2D eigenvalue weighted by Crippen LogP contribution is -2.25. The van der Waals surface area contributed by atoms with Gasteiger partial charge in [-0.2, -0.15) is 0 Å². The van der Waals surface area contributed by atoms with Crippen LogP contribution in [0.1, 0.15) is 106 Å². The summed E-state index contributed by atoms with van der Waals surface area (Å²) in [5.74, 6) is 3.00. The first-order valence-corrected chi connectivity index (χ1v) is 31.7. The number of benzene rings is 13. The minimum absolute atomic E-state index is 0.0206. The maximum absolute atomic E-state index is 9.65. The molecule has 0 bridgehead atoms. The molecule has 0 aliphatic carbocycles. The van der Waals surface area contributed by atoms with Crippen molar-refractivity contribution in [3.63, 3.8) is 0 Å². The number of hydrogen-bond donors (Lipinski definition) is 10. The molecule has 0 spiro atoms. The molecule has 0 saturated carbocycles. The number of phenols is 10. The molecule has 10 N–H and O–H groups in total. The Kier molecular flexibility index (Phi) is 22.9. The summed E-state index contributed by atoms with van der Waals surface area (Å²) in [6, 6.07) is 97.5. The van der Waals surface area contributed by atoms with Crippen molar-refractivity contribution in [3.05, 3.63) is 382 Å². The molecular weight excluding hydrogens is 1190 g/mol. The average Bonchev–Trinajstić information content (AvgIpc) is 0.773. The summed E-state index contributed by atoms with van der Waals surface area (Å²) in [5.41, 5.74) is 13.2. The van der Waals surface area contributed by atoms with E-state index in [9.17, 15) is 40.9 Å². The molecule has 13 aromatic carbocycles. The standard InChI is InChI=1S/C23H18O2.C20H18O2.C15H16O2.2C14H14O2/c24-19-12-8-17(9-13-19)23(18-10-14-20(25)15-11-18)22-7-3-5-16-4-1-2-6-21(16)22;1-20(15-5-3-2-4-6-15,16-7-11-18(21)12-8-16)17-9-13-19(22)14-10-17;1-15(2,11-3-7-13(16)8-4-11)12-5-9-14(17)10-6-12;1-10(11-2-6-13(15)7-3-11)12-4-8-14(16)9-5-12;15-13-7-3-11(4-8-13)1-2-12-5-9-14(16)10-6-12/h1-15,23-25H;2-14,21-22H,1H3;3-10,16-17H,1-2H3;2-10,15-16H,1H3;3-10,15-16H,1-2H2. The molecule has 0 radical (unpaired) electrons. The van der Waals surface area contributed by atoms with Gasteiger partial charge in [0, 0.05) is 22.7 Å². The molecule has 0 heterocycles. The first-order valence-electron chi connectivity index (χ1n) is 31.7. The van der Waals surface area contributed by atoms with Gasteiger partial charge in [-0.3, -0.25) is 0 Å². The third-order valence-electron chi connectivity index (χ3n) is 17.4. The Morgan fingerprint density at radius 2 is 0.510 bits per heavy atom. The van der Waals surface area contributed by atoms with E-state index in [1.165, 1.54) is 27.5 Å². The molecule has 0 unspecified atom stereocenters. The first kappa shape index (κ1) is 68.5. The van der Waals surface area contributed by atoms with Crippen molar-refractivity contribution in [1.82, 2.24) is 0 Å². The maximum Gasteiger partial charge on any atom is 0.115 e. The Bertz CT molecular complexity index is 4250. The van der Waals surface area contributed by atoms with Gasteiger partial charge in [0.2, 0.25) is 0 Å². The molecule has 96 heavy (non-hydrogen) atoms. The summed E-state index contributed by atoms with van der Waals surface area (Å²) >= 11 is 0. The fraction of sp³-hybridized carbons (Fsp3) is 0.116. The molecule has 0 saturated heterocycles. The lowest BCUT2D eigenvalue weighted by atomic mass is 9.71. The van der Waals surface area contributed by atoms with Gasteiger partial charge in [0.25, 0.3) is 0 Å². The first-order chi connectivity index (χ1) is 46.2. The van der Waals surface area contributed by atoms with Crippen molar-refractivity contribution < 1.29 is 51.1 Å². The Balaban J connectivity index is 0.000000143. The monoisotopic (exact) mass is 1270 g/mol. The molecule has 10 nitrogen and oxygen atoms in total. The normalized spacial score (nSPS) is 11.0. The topological polar surface area (TPSA) is 202 Å². The van der Waals surface area contributed by atoms with E-state index in [-0.39, 0.29) is 68.7 Å². The summed E-state index contributed by atoms with van der Waals surface area (Å²) in [6.07, 6.45) is 1.87. The molecule has 13 aromatic rings. The Morgan fingerprint density at radius 3 is 0.854 bits per heavy atom. The number of fused-ring (bicyclic) bond motifs is 1. The van der Waals surface area contributed by atoms with Crippen LogP contribution in [0.2, 0.25) is 0 Å². The Hall–Kier alpha value is -11.9. The van der Waals surface area contributed by atoms with Gasteiger partial charge in [-0.15, -0.1) is 0 Å². The third-order valence-corrected chi connectivity index (χ3v) is 17.4. The van der Waals surface area contributed by atoms with Gasteiger partial charge in [0.1, 0.15) is 57.5 Å². The highest BCUT2D eigenvalue weighted by molar-refractivity contribution is 5.87. The zero-order chi connectivity index (χ0) is 68.2. The molecule has 13 rings (SSSR count). The van der Waals surface area contributed by atoms with Crippen LogP contribution in [0.5, 0.6) is 57.5 Å². The van der Waals surface area contributed by atoms with E-state index in [2.05, 4.69) is 76.2 Å². The van der Waals surface area contributed by atoms with E-state index in [0.29, 0.717) is 11.5 Å². The van der Waals surface area contributed by atoms with Gasteiger partial charge in [-0.05, 0) is 219 Å². The number of phenolic OH excluding ortho intramolecular Hbond substituents is 10. The minimum Gasteiger partial charge on any atom is -0.508 e.